The molecular weight excluding hydrogens is 479 g/mol. The topological polar surface area (TPSA) is 84.2 Å². The van der Waals surface area contributed by atoms with Crippen molar-refractivity contribution in [2.24, 2.45) is 0 Å². The van der Waals surface area contributed by atoms with Gasteiger partial charge in [0, 0.05) is 34.3 Å². The summed E-state index contributed by atoms with van der Waals surface area (Å²) in [4.78, 5) is 12.3. The lowest BCUT2D eigenvalue weighted by Crippen LogP contribution is -2.40. The van der Waals surface area contributed by atoms with Crippen molar-refractivity contribution in [1.82, 2.24) is 34.7 Å². The minimum absolute atomic E-state index is 0.0564. The Kier molecular flexibility index (Phi) is 6.04. The summed E-state index contributed by atoms with van der Waals surface area (Å²) in [6.07, 6.45) is 0.0463. The zero-order chi connectivity index (χ0) is 24.9. The highest BCUT2D eigenvalue weighted by Crippen LogP contribution is 2.40. The molecule has 4 aromatic rings. The molecule has 1 atom stereocenters. The third-order valence-electron chi connectivity index (χ3n) is 6.60. The van der Waals surface area contributed by atoms with E-state index >= 15 is 0 Å². The molecule has 5 rings (SSSR count). The van der Waals surface area contributed by atoms with E-state index in [0.29, 0.717) is 34.1 Å². The van der Waals surface area contributed by atoms with Crippen LogP contribution in [-0.2, 0) is 19.3 Å². The van der Waals surface area contributed by atoms with Crippen LogP contribution in [0, 0.1) is 0 Å². The summed E-state index contributed by atoms with van der Waals surface area (Å²) >= 11 is 1.44. The lowest BCUT2D eigenvalue weighted by Gasteiger charge is -2.33. The Hall–Kier alpha value is -2.99. The first-order valence-corrected chi connectivity index (χ1v) is 12.2. The number of fused-ring (bicyclic) bond motifs is 2. The van der Waals surface area contributed by atoms with Crippen LogP contribution in [0.3, 0.4) is 0 Å². The van der Waals surface area contributed by atoms with Crippen molar-refractivity contribution >= 4 is 17.0 Å². The molecular formula is C23H26F3N7OS. The third-order valence-corrected chi connectivity index (χ3v) is 7.73. The third kappa shape index (κ3) is 4.52. The van der Waals surface area contributed by atoms with Crippen LogP contribution in [0.15, 0.2) is 18.6 Å². The minimum Gasteiger partial charge on any atom is -0.493 e. The Morgan fingerprint density at radius 3 is 2.86 bits per heavy atom. The molecule has 0 saturated heterocycles. The number of nitrogens with one attached hydrogen (secondary N) is 1. The number of rotatable bonds is 6. The molecule has 1 aliphatic carbocycles. The molecule has 0 amide bonds. The number of pyridine rings is 1. The Morgan fingerprint density at radius 2 is 2.14 bits per heavy atom. The summed E-state index contributed by atoms with van der Waals surface area (Å²) in [6.45, 7) is 4.32. The second-order valence-electron chi connectivity index (χ2n) is 9.09. The fraction of sp³-hybridized carbons (Fsp3) is 0.478. The lowest BCUT2D eigenvalue weighted by molar-refractivity contribution is -0.127. The monoisotopic (exact) mass is 505 g/mol. The van der Waals surface area contributed by atoms with Crippen LogP contribution in [0.1, 0.15) is 36.4 Å². The molecule has 0 saturated carbocycles. The SMILES string of the molecule is COc1cc(-c2[nH]nc(-c3nc4c(s3)CC(N(C)C(C)C)CC4)c2CC(F)(F)F)cn2ncnc12. The predicted octanol–water partition coefficient (Wildman–Crippen LogP) is 4.55. The number of alkyl halides is 3. The molecule has 4 aromatic heterocycles. The second-order valence-corrected chi connectivity index (χ2v) is 10.2. The van der Waals surface area contributed by atoms with Crippen molar-refractivity contribution in [1.29, 1.82) is 0 Å². The number of hydrogen-bond acceptors (Lipinski definition) is 7. The molecule has 12 heteroatoms. The molecule has 0 spiro atoms. The van der Waals surface area contributed by atoms with Crippen LogP contribution in [0.5, 0.6) is 5.75 Å². The zero-order valence-corrected chi connectivity index (χ0v) is 20.7. The van der Waals surface area contributed by atoms with Crippen LogP contribution in [0.4, 0.5) is 13.2 Å². The number of thiazole rings is 1. The highest BCUT2D eigenvalue weighted by atomic mass is 32.1. The van der Waals surface area contributed by atoms with Gasteiger partial charge in [0.05, 0.1) is 24.9 Å². The van der Waals surface area contributed by atoms with Gasteiger partial charge in [-0.25, -0.2) is 14.5 Å². The van der Waals surface area contributed by atoms with E-state index in [-0.39, 0.29) is 17.0 Å². The highest BCUT2D eigenvalue weighted by Gasteiger charge is 2.34. The lowest BCUT2D eigenvalue weighted by atomic mass is 9.96. The Morgan fingerprint density at radius 1 is 1.34 bits per heavy atom. The largest absolute Gasteiger partial charge is 0.493 e. The molecule has 1 aliphatic rings. The quantitative estimate of drug-likeness (QED) is 0.414. The van der Waals surface area contributed by atoms with Gasteiger partial charge in [-0.2, -0.15) is 23.4 Å². The highest BCUT2D eigenvalue weighted by molar-refractivity contribution is 7.15. The summed E-state index contributed by atoms with van der Waals surface area (Å²) in [5.41, 5.74) is 2.47. The number of H-pyrrole nitrogens is 1. The van der Waals surface area contributed by atoms with Gasteiger partial charge in [-0.3, -0.25) is 5.10 Å². The van der Waals surface area contributed by atoms with E-state index in [1.54, 1.807) is 12.3 Å². The molecule has 35 heavy (non-hydrogen) atoms. The normalized spacial score (nSPS) is 16.4. The van der Waals surface area contributed by atoms with E-state index in [1.807, 2.05) is 0 Å². The summed E-state index contributed by atoms with van der Waals surface area (Å²) in [5, 5.41) is 11.8. The van der Waals surface area contributed by atoms with Crippen molar-refractivity contribution in [3.63, 3.8) is 0 Å². The fourth-order valence-electron chi connectivity index (χ4n) is 4.56. The van der Waals surface area contributed by atoms with Gasteiger partial charge in [0.2, 0.25) is 0 Å². The van der Waals surface area contributed by atoms with E-state index in [9.17, 15) is 13.2 Å². The first-order valence-electron chi connectivity index (χ1n) is 11.4. The molecule has 4 heterocycles. The van der Waals surface area contributed by atoms with Gasteiger partial charge in [0.25, 0.3) is 0 Å². The summed E-state index contributed by atoms with van der Waals surface area (Å²) < 4.78 is 47.9. The van der Waals surface area contributed by atoms with Crippen molar-refractivity contribution in [3.8, 4) is 27.7 Å². The van der Waals surface area contributed by atoms with Gasteiger partial charge in [-0.15, -0.1) is 11.3 Å². The van der Waals surface area contributed by atoms with E-state index in [2.05, 4.69) is 46.1 Å². The molecule has 0 bridgehead atoms. The molecule has 186 valence electrons. The molecule has 0 aromatic carbocycles. The Balaban J connectivity index is 1.57. The Bertz CT molecular complexity index is 1360. The van der Waals surface area contributed by atoms with Crippen LogP contribution in [0.25, 0.3) is 27.6 Å². The zero-order valence-electron chi connectivity index (χ0n) is 19.8. The number of nitrogens with zero attached hydrogens (tertiary/aromatic N) is 6. The van der Waals surface area contributed by atoms with Gasteiger partial charge in [-0.05, 0) is 46.2 Å². The van der Waals surface area contributed by atoms with E-state index in [4.69, 9.17) is 9.72 Å². The number of halogens is 3. The average Bonchev–Trinajstić information content (AvgIpc) is 3.53. The first kappa shape index (κ1) is 23.7. The number of ether oxygens (including phenoxy) is 1. The number of aromatic amines is 1. The molecule has 0 fully saturated rings. The van der Waals surface area contributed by atoms with Crippen LogP contribution < -0.4 is 4.74 Å². The Labute approximate surface area is 204 Å². The molecule has 0 radical (unpaired) electrons. The fourth-order valence-corrected chi connectivity index (χ4v) is 5.76. The predicted molar refractivity (Wildman–Crippen MR) is 127 cm³/mol. The molecule has 8 nitrogen and oxygen atoms in total. The van der Waals surface area contributed by atoms with Crippen LogP contribution >= 0.6 is 11.3 Å². The maximum atomic E-state index is 13.7. The maximum absolute atomic E-state index is 13.7. The number of methoxy groups -OCH3 is 1. The molecule has 0 aliphatic heterocycles. The average molecular weight is 506 g/mol. The smallest absolute Gasteiger partial charge is 0.393 e. The van der Waals surface area contributed by atoms with Crippen molar-refractivity contribution < 1.29 is 17.9 Å². The molecule has 1 N–H and O–H groups in total. The van der Waals surface area contributed by atoms with Crippen molar-refractivity contribution in [2.45, 2.75) is 57.8 Å². The van der Waals surface area contributed by atoms with Gasteiger partial charge >= 0.3 is 6.18 Å². The van der Waals surface area contributed by atoms with E-state index in [0.717, 1.165) is 29.8 Å². The number of aryl methyl sites for hydroxylation is 1. The summed E-state index contributed by atoms with van der Waals surface area (Å²) in [6, 6.07) is 2.45. The van der Waals surface area contributed by atoms with Crippen molar-refractivity contribution in [2.75, 3.05) is 14.2 Å². The molecule has 1 unspecified atom stereocenters. The van der Waals surface area contributed by atoms with Crippen molar-refractivity contribution in [3.05, 3.63) is 34.7 Å². The standard InChI is InChI=1S/C23H26F3N7OS/c1-12(2)32(3)14-5-6-16-18(8-14)35-22(29-16)20-15(9-23(24,25)26)19(30-31-20)13-7-17(34-4)21-27-11-28-33(21)10-13/h7,10-12,14H,5-6,8-9H2,1-4H3,(H,30,31). The van der Waals surface area contributed by atoms with Crippen LogP contribution in [-0.4, -0.2) is 67.1 Å². The van der Waals surface area contributed by atoms with Gasteiger partial charge in [0.1, 0.15) is 17.0 Å². The first-order chi connectivity index (χ1) is 16.6. The number of hydrogen-bond donors (Lipinski definition) is 1. The van der Waals surface area contributed by atoms with Gasteiger partial charge in [-0.1, -0.05) is 0 Å². The maximum Gasteiger partial charge on any atom is 0.393 e. The second kappa shape index (κ2) is 8.90. The summed E-state index contributed by atoms with van der Waals surface area (Å²) in [5.74, 6) is 0.402. The summed E-state index contributed by atoms with van der Waals surface area (Å²) in [7, 11) is 3.59. The van der Waals surface area contributed by atoms with Gasteiger partial charge < -0.3 is 9.64 Å². The number of likely N-dealkylation sites (N-methyl/N-ethyl adjacent to an activating group) is 1. The number of aromatic nitrogens is 6. The van der Waals surface area contributed by atoms with Crippen LogP contribution in [0.2, 0.25) is 0 Å². The minimum atomic E-state index is -4.42. The van der Waals surface area contributed by atoms with E-state index < -0.39 is 12.6 Å². The van der Waals surface area contributed by atoms with E-state index in [1.165, 1.54) is 29.3 Å². The van der Waals surface area contributed by atoms with Gasteiger partial charge in [0.15, 0.2) is 11.4 Å².